The maximum atomic E-state index is 13.8. The zero-order valence-electron chi connectivity index (χ0n) is 11.6. The number of benzene rings is 1. The summed E-state index contributed by atoms with van der Waals surface area (Å²) in [6.07, 6.45) is 0. The molecule has 0 spiro atoms. The molecule has 0 saturated carbocycles. The van der Waals surface area contributed by atoms with E-state index in [9.17, 15) is 31.9 Å². The maximum absolute atomic E-state index is 13.8. The van der Waals surface area contributed by atoms with Gasteiger partial charge in [-0.05, 0) is 36.9 Å². The highest BCUT2D eigenvalue weighted by atomic mass is 35.5. The lowest BCUT2D eigenvalue weighted by molar-refractivity contribution is -0.174. The minimum absolute atomic E-state index is 0. The van der Waals surface area contributed by atoms with Crippen molar-refractivity contribution in [2.24, 2.45) is 5.73 Å². The number of esters is 1. The van der Waals surface area contributed by atoms with Crippen molar-refractivity contribution in [3.05, 3.63) is 23.8 Å². The highest BCUT2D eigenvalue weighted by Crippen LogP contribution is 2.41. The summed E-state index contributed by atoms with van der Waals surface area (Å²) in [4.78, 5) is 10.7. The summed E-state index contributed by atoms with van der Waals surface area (Å²) in [5.74, 6) is -6.87. The number of thioether (sulfide) groups is 1. The first kappa shape index (κ1) is 21.7. The fourth-order valence-corrected chi connectivity index (χ4v) is 2.12. The standard InChI is InChI=1S/C12H12F5NO3S.ClH/c1-2-21-10(20)11(13,14)9(18)7-5-6(3-4-8(7)19)22-12(15,16)17;/h3-5,9,19H,2,18H2,1H3;1H/t9-;/m1./s1. The molecule has 1 aromatic carbocycles. The number of phenols is 1. The molecule has 0 saturated heterocycles. The van der Waals surface area contributed by atoms with Gasteiger partial charge in [-0.1, -0.05) is 0 Å². The second-order valence-corrected chi connectivity index (χ2v) is 5.23. The molecular weight excluding hydrogens is 369 g/mol. The van der Waals surface area contributed by atoms with Gasteiger partial charge in [-0.25, -0.2) is 4.79 Å². The van der Waals surface area contributed by atoms with Crippen molar-refractivity contribution in [1.29, 1.82) is 0 Å². The number of carbonyl (C=O) groups is 1. The molecule has 0 aliphatic heterocycles. The maximum Gasteiger partial charge on any atom is 0.446 e. The molecule has 0 aromatic heterocycles. The van der Waals surface area contributed by atoms with Crippen molar-refractivity contribution in [1.82, 2.24) is 0 Å². The Kier molecular flexibility index (Phi) is 7.58. The zero-order valence-corrected chi connectivity index (χ0v) is 13.2. The fraction of sp³-hybridized carbons (Fsp3) is 0.417. The number of hydrogen-bond donors (Lipinski definition) is 2. The van der Waals surface area contributed by atoms with Crippen LogP contribution in [0, 0.1) is 0 Å². The molecule has 132 valence electrons. The van der Waals surface area contributed by atoms with E-state index in [4.69, 9.17) is 5.73 Å². The zero-order chi connectivity index (χ0) is 17.1. The average Bonchev–Trinajstić information content (AvgIpc) is 2.38. The fourth-order valence-electron chi connectivity index (χ4n) is 1.53. The number of hydrogen-bond acceptors (Lipinski definition) is 5. The van der Waals surface area contributed by atoms with Crippen molar-refractivity contribution < 1.29 is 36.6 Å². The Bertz CT molecular complexity index is 556. The summed E-state index contributed by atoms with van der Waals surface area (Å²) < 4.78 is 68.6. The monoisotopic (exact) mass is 381 g/mol. The highest BCUT2D eigenvalue weighted by molar-refractivity contribution is 8.00. The molecule has 3 N–H and O–H groups in total. The Morgan fingerprint density at radius 2 is 1.91 bits per heavy atom. The van der Waals surface area contributed by atoms with Crippen LogP contribution in [0.5, 0.6) is 5.75 Å². The average molecular weight is 382 g/mol. The van der Waals surface area contributed by atoms with Gasteiger partial charge in [0, 0.05) is 10.5 Å². The SMILES string of the molecule is CCOC(=O)C(F)(F)[C@H](N)c1cc(SC(F)(F)F)ccc1O.Cl. The number of halogens is 6. The molecule has 11 heteroatoms. The molecule has 1 aromatic rings. The van der Waals surface area contributed by atoms with E-state index in [1.54, 1.807) is 0 Å². The Balaban J connectivity index is 0.00000484. The predicted molar refractivity (Wildman–Crippen MR) is 75.8 cm³/mol. The number of nitrogens with two attached hydrogens (primary N) is 1. The van der Waals surface area contributed by atoms with Gasteiger partial charge in [0.15, 0.2) is 0 Å². The molecule has 0 heterocycles. The quantitative estimate of drug-likeness (QED) is 0.463. The van der Waals surface area contributed by atoms with E-state index < -0.39 is 51.4 Å². The summed E-state index contributed by atoms with van der Waals surface area (Å²) in [6.45, 7) is 0.981. The Morgan fingerprint density at radius 1 is 1.35 bits per heavy atom. The third-order valence-corrected chi connectivity index (χ3v) is 3.23. The van der Waals surface area contributed by atoms with Gasteiger partial charge < -0.3 is 15.6 Å². The Hall–Kier alpha value is -1.26. The Morgan fingerprint density at radius 3 is 2.39 bits per heavy atom. The summed E-state index contributed by atoms with van der Waals surface area (Å²) in [7, 11) is 0. The highest BCUT2D eigenvalue weighted by Gasteiger charge is 2.48. The van der Waals surface area contributed by atoms with E-state index in [1.165, 1.54) is 6.92 Å². The molecule has 4 nitrogen and oxygen atoms in total. The summed E-state index contributed by atoms with van der Waals surface area (Å²) in [5, 5.41) is 9.52. The van der Waals surface area contributed by atoms with Crippen LogP contribution in [0.4, 0.5) is 22.0 Å². The van der Waals surface area contributed by atoms with Gasteiger partial charge in [0.05, 0.1) is 6.61 Å². The second-order valence-electron chi connectivity index (χ2n) is 4.09. The van der Waals surface area contributed by atoms with E-state index in [0.29, 0.717) is 6.07 Å². The molecule has 0 aliphatic carbocycles. The van der Waals surface area contributed by atoms with Crippen LogP contribution in [-0.2, 0) is 9.53 Å². The van der Waals surface area contributed by atoms with Crippen LogP contribution >= 0.6 is 24.2 Å². The number of alkyl halides is 5. The van der Waals surface area contributed by atoms with Crippen LogP contribution in [0.1, 0.15) is 18.5 Å². The molecule has 1 atom stereocenters. The van der Waals surface area contributed by atoms with Crippen molar-refractivity contribution in [2.75, 3.05) is 6.61 Å². The van der Waals surface area contributed by atoms with E-state index in [0.717, 1.165) is 12.1 Å². The van der Waals surface area contributed by atoms with Crippen LogP contribution in [0.15, 0.2) is 23.1 Å². The van der Waals surface area contributed by atoms with Gasteiger partial charge in [-0.2, -0.15) is 22.0 Å². The largest absolute Gasteiger partial charge is 0.508 e. The van der Waals surface area contributed by atoms with Crippen LogP contribution < -0.4 is 5.73 Å². The molecule has 0 unspecified atom stereocenters. The van der Waals surface area contributed by atoms with E-state index >= 15 is 0 Å². The van der Waals surface area contributed by atoms with Gasteiger partial charge in [0.1, 0.15) is 11.8 Å². The lowest BCUT2D eigenvalue weighted by Gasteiger charge is -2.23. The molecule has 0 amide bonds. The van der Waals surface area contributed by atoms with Crippen molar-refractivity contribution in [2.45, 2.75) is 29.3 Å². The number of phenolic OH excluding ortho intramolecular Hbond substituents is 1. The molecule has 0 radical (unpaired) electrons. The summed E-state index contributed by atoms with van der Waals surface area (Å²) in [6, 6.07) is 0.00230. The van der Waals surface area contributed by atoms with Crippen molar-refractivity contribution >= 4 is 30.1 Å². The second kappa shape index (κ2) is 8.02. The Labute approximate surface area is 138 Å². The molecule has 0 aliphatic rings. The smallest absolute Gasteiger partial charge is 0.446 e. The lowest BCUT2D eigenvalue weighted by Crippen LogP contribution is -2.41. The first-order valence-corrected chi connectivity index (χ1v) is 6.70. The van der Waals surface area contributed by atoms with E-state index in [-0.39, 0.29) is 19.0 Å². The number of rotatable bonds is 5. The third-order valence-electron chi connectivity index (χ3n) is 2.51. The summed E-state index contributed by atoms with van der Waals surface area (Å²) >= 11 is -0.557. The van der Waals surface area contributed by atoms with Gasteiger partial charge in [0.25, 0.3) is 0 Å². The lowest BCUT2D eigenvalue weighted by atomic mass is 10.0. The van der Waals surface area contributed by atoms with Gasteiger partial charge in [-0.3, -0.25) is 0 Å². The third kappa shape index (κ3) is 5.70. The molecule has 0 fully saturated rings. The minimum atomic E-state index is -4.64. The molecule has 0 bridgehead atoms. The van der Waals surface area contributed by atoms with Crippen LogP contribution in [-0.4, -0.2) is 29.1 Å². The molecule has 23 heavy (non-hydrogen) atoms. The van der Waals surface area contributed by atoms with Gasteiger partial charge >= 0.3 is 17.4 Å². The van der Waals surface area contributed by atoms with Gasteiger partial charge in [0.2, 0.25) is 0 Å². The van der Waals surface area contributed by atoms with Crippen molar-refractivity contribution in [3.63, 3.8) is 0 Å². The predicted octanol–water partition coefficient (Wildman–Crippen LogP) is 3.62. The normalized spacial score (nSPS) is 13.2. The summed E-state index contributed by atoms with van der Waals surface area (Å²) in [5.41, 5.74) is -0.0885. The minimum Gasteiger partial charge on any atom is -0.508 e. The first-order chi connectivity index (χ1) is 9.99. The topological polar surface area (TPSA) is 72.5 Å². The van der Waals surface area contributed by atoms with Gasteiger partial charge in [-0.15, -0.1) is 12.4 Å². The number of ether oxygens (including phenoxy) is 1. The van der Waals surface area contributed by atoms with E-state index in [1.807, 2.05) is 0 Å². The first-order valence-electron chi connectivity index (χ1n) is 5.88. The molecular formula is C12H13ClF5NO3S. The molecule has 1 rings (SSSR count). The number of carbonyl (C=O) groups excluding carboxylic acids is 1. The van der Waals surface area contributed by atoms with Crippen molar-refractivity contribution in [3.8, 4) is 5.75 Å². The van der Waals surface area contributed by atoms with E-state index in [2.05, 4.69) is 4.74 Å². The van der Waals surface area contributed by atoms with Crippen LogP contribution in [0.25, 0.3) is 0 Å². The van der Waals surface area contributed by atoms with Crippen LogP contribution in [0.3, 0.4) is 0 Å². The number of aromatic hydroxyl groups is 1. The van der Waals surface area contributed by atoms with Crippen LogP contribution in [0.2, 0.25) is 0 Å².